The number of hydrogen-bond donors (Lipinski definition) is 3. The number of aromatic nitrogens is 2. The minimum Gasteiger partial charge on any atom is -0.444 e. The minimum atomic E-state index is -0.488. The van der Waals surface area contributed by atoms with Crippen LogP contribution in [0.3, 0.4) is 0 Å². The van der Waals surface area contributed by atoms with E-state index in [9.17, 15) is 4.79 Å². The fraction of sp³-hybridized carbons (Fsp3) is 0.562. The average Bonchev–Trinajstić information content (AvgIpc) is 2.46. The standard InChI is InChI=1S/C16H25N5O2/c1-16(2,3)23-15(22)20-11-6-4-10(5-7-11)13-9-19-14(18)12(8-17)21-13/h4,9,11H,5-8,17H2,1-3H3,(H2,18,19)(H,20,22). The van der Waals surface area contributed by atoms with E-state index in [0.29, 0.717) is 11.5 Å². The molecule has 1 atom stereocenters. The number of amides is 1. The fourth-order valence-corrected chi connectivity index (χ4v) is 2.41. The maximum absolute atomic E-state index is 11.8. The second kappa shape index (κ2) is 6.95. The number of allylic oxidation sites excluding steroid dienone is 1. The average molecular weight is 319 g/mol. The van der Waals surface area contributed by atoms with Crippen molar-refractivity contribution in [2.24, 2.45) is 5.73 Å². The summed E-state index contributed by atoms with van der Waals surface area (Å²) >= 11 is 0. The van der Waals surface area contributed by atoms with Crippen LogP contribution in [0.5, 0.6) is 0 Å². The monoisotopic (exact) mass is 319 g/mol. The highest BCUT2D eigenvalue weighted by atomic mass is 16.6. The van der Waals surface area contributed by atoms with Crippen molar-refractivity contribution >= 4 is 17.5 Å². The molecule has 0 fully saturated rings. The topological polar surface area (TPSA) is 116 Å². The largest absolute Gasteiger partial charge is 0.444 e. The number of ether oxygens (including phenoxy) is 1. The van der Waals surface area contributed by atoms with Crippen LogP contribution >= 0.6 is 0 Å². The van der Waals surface area contributed by atoms with Gasteiger partial charge in [-0.3, -0.25) is 0 Å². The Hall–Kier alpha value is -2.15. The maximum Gasteiger partial charge on any atom is 0.407 e. The summed E-state index contributed by atoms with van der Waals surface area (Å²) in [7, 11) is 0. The molecule has 23 heavy (non-hydrogen) atoms. The summed E-state index contributed by atoms with van der Waals surface area (Å²) in [5.74, 6) is 0.372. The van der Waals surface area contributed by atoms with Gasteiger partial charge in [-0.2, -0.15) is 0 Å². The Morgan fingerprint density at radius 3 is 2.78 bits per heavy atom. The number of nitrogen functional groups attached to an aromatic ring is 1. The van der Waals surface area contributed by atoms with Crippen LogP contribution in [0.15, 0.2) is 12.3 Å². The molecule has 0 saturated carbocycles. The molecule has 0 radical (unpaired) electrons. The van der Waals surface area contributed by atoms with E-state index in [2.05, 4.69) is 21.4 Å². The molecule has 1 amide bonds. The Bertz CT molecular complexity index is 607. The van der Waals surface area contributed by atoms with Gasteiger partial charge < -0.3 is 21.5 Å². The summed E-state index contributed by atoms with van der Waals surface area (Å²) in [6, 6.07) is 0.0734. The Labute approximate surface area is 136 Å². The van der Waals surface area contributed by atoms with E-state index in [0.717, 1.165) is 30.5 Å². The van der Waals surface area contributed by atoms with Gasteiger partial charge >= 0.3 is 6.09 Å². The van der Waals surface area contributed by atoms with Crippen LogP contribution in [0.25, 0.3) is 5.57 Å². The number of hydrogen-bond acceptors (Lipinski definition) is 6. The molecule has 1 aliphatic carbocycles. The Morgan fingerprint density at radius 2 is 2.22 bits per heavy atom. The van der Waals surface area contributed by atoms with Crippen molar-refractivity contribution in [2.75, 3.05) is 5.73 Å². The molecule has 5 N–H and O–H groups in total. The molecule has 7 heteroatoms. The van der Waals surface area contributed by atoms with Gasteiger partial charge in [-0.05, 0) is 45.6 Å². The first-order chi connectivity index (χ1) is 10.8. The number of alkyl carbamates (subject to hydrolysis) is 1. The van der Waals surface area contributed by atoms with Crippen LogP contribution in [0.4, 0.5) is 10.6 Å². The minimum absolute atomic E-state index is 0.0734. The van der Waals surface area contributed by atoms with Crippen molar-refractivity contribution in [2.45, 2.75) is 58.2 Å². The number of nitrogens with two attached hydrogens (primary N) is 2. The molecule has 126 valence electrons. The quantitative estimate of drug-likeness (QED) is 0.784. The predicted octanol–water partition coefficient (Wildman–Crippen LogP) is 1.98. The van der Waals surface area contributed by atoms with Gasteiger partial charge in [-0.15, -0.1) is 0 Å². The zero-order valence-electron chi connectivity index (χ0n) is 13.9. The van der Waals surface area contributed by atoms with E-state index in [1.807, 2.05) is 20.8 Å². The lowest BCUT2D eigenvalue weighted by molar-refractivity contribution is 0.0502. The van der Waals surface area contributed by atoms with Crippen LogP contribution in [0.1, 0.15) is 51.4 Å². The molecule has 1 heterocycles. The third-order valence-electron chi connectivity index (χ3n) is 3.53. The lowest BCUT2D eigenvalue weighted by atomic mass is 9.93. The number of rotatable bonds is 3. The molecule has 7 nitrogen and oxygen atoms in total. The third kappa shape index (κ3) is 4.92. The van der Waals surface area contributed by atoms with Gasteiger partial charge in [-0.1, -0.05) is 6.08 Å². The van der Waals surface area contributed by atoms with Gasteiger partial charge in [0.15, 0.2) is 0 Å². The van der Waals surface area contributed by atoms with Gasteiger partial charge in [0.1, 0.15) is 11.4 Å². The molecule has 1 aromatic heterocycles. The zero-order chi connectivity index (χ0) is 17.0. The van der Waals surface area contributed by atoms with Crippen molar-refractivity contribution in [1.82, 2.24) is 15.3 Å². The van der Waals surface area contributed by atoms with E-state index >= 15 is 0 Å². The molecule has 0 aromatic carbocycles. The third-order valence-corrected chi connectivity index (χ3v) is 3.53. The Kier molecular flexibility index (Phi) is 5.20. The Balaban J connectivity index is 1.97. The second-order valence-corrected chi connectivity index (χ2v) is 6.64. The second-order valence-electron chi connectivity index (χ2n) is 6.64. The first-order valence-electron chi connectivity index (χ1n) is 7.79. The number of nitrogens with zero attached hydrogens (tertiary/aromatic N) is 2. The van der Waals surface area contributed by atoms with Gasteiger partial charge in [0.05, 0.1) is 17.6 Å². The lowest BCUT2D eigenvalue weighted by Crippen LogP contribution is -2.39. The fourth-order valence-electron chi connectivity index (χ4n) is 2.41. The summed E-state index contributed by atoms with van der Waals surface area (Å²) in [5.41, 5.74) is 13.4. The molecule has 1 aromatic rings. The van der Waals surface area contributed by atoms with Gasteiger partial charge in [-0.25, -0.2) is 14.8 Å². The lowest BCUT2D eigenvalue weighted by Gasteiger charge is -2.25. The molecule has 0 spiro atoms. The molecule has 0 bridgehead atoms. The SMILES string of the molecule is CC(C)(C)OC(=O)NC1CC=C(c2cnc(N)c(CN)n2)CC1. The summed E-state index contributed by atoms with van der Waals surface area (Å²) in [6.45, 7) is 5.81. The highest BCUT2D eigenvalue weighted by molar-refractivity contribution is 5.69. The highest BCUT2D eigenvalue weighted by Crippen LogP contribution is 2.26. The molecule has 0 saturated heterocycles. The summed E-state index contributed by atoms with van der Waals surface area (Å²) in [6.07, 6.45) is 5.74. The maximum atomic E-state index is 11.8. The Morgan fingerprint density at radius 1 is 1.48 bits per heavy atom. The van der Waals surface area contributed by atoms with Crippen LogP contribution in [-0.2, 0) is 11.3 Å². The molecule has 2 rings (SSSR count). The molecule has 1 aliphatic rings. The molecule has 0 aliphatic heterocycles. The molecule has 1 unspecified atom stereocenters. The van der Waals surface area contributed by atoms with Crippen molar-refractivity contribution < 1.29 is 9.53 Å². The summed E-state index contributed by atoms with van der Waals surface area (Å²) in [5, 5.41) is 2.90. The van der Waals surface area contributed by atoms with Crippen molar-refractivity contribution in [1.29, 1.82) is 0 Å². The summed E-state index contributed by atoms with van der Waals surface area (Å²) < 4.78 is 5.27. The zero-order valence-corrected chi connectivity index (χ0v) is 13.9. The highest BCUT2D eigenvalue weighted by Gasteiger charge is 2.22. The van der Waals surface area contributed by atoms with Crippen molar-refractivity contribution in [3.05, 3.63) is 23.7 Å². The van der Waals surface area contributed by atoms with E-state index in [-0.39, 0.29) is 18.7 Å². The predicted molar refractivity (Wildman–Crippen MR) is 89.3 cm³/mol. The van der Waals surface area contributed by atoms with Crippen molar-refractivity contribution in [3.63, 3.8) is 0 Å². The number of carbonyl (C=O) groups excluding carboxylic acids is 1. The number of nitrogens with one attached hydrogen (secondary N) is 1. The van der Waals surface area contributed by atoms with Crippen LogP contribution in [0.2, 0.25) is 0 Å². The molecular weight excluding hydrogens is 294 g/mol. The van der Waals surface area contributed by atoms with E-state index in [4.69, 9.17) is 16.2 Å². The number of carbonyl (C=O) groups is 1. The first-order valence-corrected chi connectivity index (χ1v) is 7.79. The summed E-state index contributed by atoms with van der Waals surface area (Å²) in [4.78, 5) is 20.4. The van der Waals surface area contributed by atoms with Crippen LogP contribution in [0, 0.1) is 0 Å². The van der Waals surface area contributed by atoms with E-state index in [1.165, 1.54) is 0 Å². The van der Waals surface area contributed by atoms with E-state index in [1.54, 1.807) is 6.20 Å². The molecular formula is C16H25N5O2. The van der Waals surface area contributed by atoms with Gasteiger partial charge in [0.25, 0.3) is 0 Å². The van der Waals surface area contributed by atoms with Gasteiger partial charge in [0, 0.05) is 12.6 Å². The number of anilines is 1. The normalized spacial score (nSPS) is 18.3. The van der Waals surface area contributed by atoms with Gasteiger partial charge in [0.2, 0.25) is 0 Å². The first kappa shape index (κ1) is 17.2. The van der Waals surface area contributed by atoms with Crippen LogP contribution in [-0.4, -0.2) is 27.7 Å². The van der Waals surface area contributed by atoms with E-state index < -0.39 is 5.60 Å². The van der Waals surface area contributed by atoms with Crippen molar-refractivity contribution in [3.8, 4) is 0 Å². The van der Waals surface area contributed by atoms with Crippen LogP contribution < -0.4 is 16.8 Å². The smallest absolute Gasteiger partial charge is 0.407 e.